The lowest BCUT2D eigenvalue weighted by Gasteiger charge is -2.29. The summed E-state index contributed by atoms with van der Waals surface area (Å²) in [5, 5.41) is 7.05. The van der Waals surface area contributed by atoms with E-state index >= 15 is 0 Å². The number of pyridine rings is 1. The molecule has 3 aromatic rings. The van der Waals surface area contributed by atoms with E-state index < -0.39 is 10.0 Å². The first-order valence-corrected chi connectivity index (χ1v) is 12.3. The third-order valence-corrected chi connectivity index (χ3v) is 7.42. The molecule has 0 radical (unpaired) electrons. The molecule has 8 nitrogen and oxygen atoms in total. The van der Waals surface area contributed by atoms with E-state index in [0.29, 0.717) is 31.5 Å². The molecule has 1 aliphatic rings. The van der Waals surface area contributed by atoms with Gasteiger partial charge in [-0.3, -0.25) is 4.79 Å². The van der Waals surface area contributed by atoms with E-state index in [2.05, 4.69) is 20.1 Å². The molecule has 174 valence electrons. The van der Waals surface area contributed by atoms with Crippen molar-refractivity contribution in [2.75, 3.05) is 0 Å². The Morgan fingerprint density at radius 2 is 1.85 bits per heavy atom. The molecule has 2 aromatic heterocycles. The highest BCUT2D eigenvalue weighted by atomic mass is 32.2. The average Bonchev–Trinajstić information content (AvgIpc) is 3.35. The van der Waals surface area contributed by atoms with Crippen LogP contribution < -0.4 is 10.0 Å². The Morgan fingerprint density at radius 3 is 2.45 bits per heavy atom. The summed E-state index contributed by atoms with van der Waals surface area (Å²) in [5.41, 5.74) is 0.832. The standard InChI is InChI=1S/C23H26FN5O3S/c1-16(17-3-7-19(24)8-4-17)27-23(30)18-5-9-20(10-6-18)28-33(31,32)21-11-12-22(25-15-21)29-14-2-13-26-29/h2-4,7-8,11-16,18,20,28H,5-6,9-10H2,1H3,(H,27,30). The highest BCUT2D eigenvalue weighted by Gasteiger charge is 2.30. The Kier molecular flexibility index (Phi) is 6.85. The van der Waals surface area contributed by atoms with Crippen LogP contribution in [-0.2, 0) is 14.8 Å². The van der Waals surface area contributed by atoms with Gasteiger partial charge < -0.3 is 5.32 Å². The molecule has 4 rings (SSSR count). The third kappa shape index (κ3) is 5.63. The van der Waals surface area contributed by atoms with Crippen molar-refractivity contribution in [1.29, 1.82) is 0 Å². The van der Waals surface area contributed by atoms with E-state index in [1.165, 1.54) is 24.4 Å². The van der Waals surface area contributed by atoms with Crippen LogP contribution in [0.4, 0.5) is 4.39 Å². The number of rotatable bonds is 7. The minimum atomic E-state index is -3.72. The highest BCUT2D eigenvalue weighted by Crippen LogP contribution is 2.27. The fraction of sp³-hybridized carbons (Fsp3) is 0.348. The van der Waals surface area contributed by atoms with Gasteiger partial charge in [0.25, 0.3) is 0 Å². The van der Waals surface area contributed by atoms with Gasteiger partial charge in [-0.25, -0.2) is 27.2 Å². The minimum absolute atomic E-state index is 0.0634. The van der Waals surface area contributed by atoms with E-state index in [9.17, 15) is 17.6 Å². The van der Waals surface area contributed by atoms with Gasteiger partial charge in [0.15, 0.2) is 5.82 Å². The van der Waals surface area contributed by atoms with Gasteiger partial charge in [0, 0.05) is 30.6 Å². The molecule has 1 atom stereocenters. The highest BCUT2D eigenvalue weighted by molar-refractivity contribution is 7.89. The summed E-state index contributed by atoms with van der Waals surface area (Å²) in [4.78, 5) is 16.9. The average molecular weight is 472 g/mol. The molecular formula is C23H26FN5O3S. The van der Waals surface area contributed by atoms with Crippen molar-refractivity contribution in [2.45, 2.75) is 49.6 Å². The number of nitrogens with one attached hydrogen (secondary N) is 2. The van der Waals surface area contributed by atoms with Crippen LogP contribution in [-0.4, -0.2) is 35.1 Å². The number of nitrogens with zero attached hydrogens (tertiary/aromatic N) is 3. The van der Waals surface area contributed by atoms with E-state index in [-0.39, 0.29) is 34.6 Å². The molecule has 0 aliphatic heterocycles. The molecule has 0 bridgehead atoms. The van der Waals surface area contributed by atoms with E-state index in [1.807, 2.05) is 6.92 Å². The number of hydrogen-bond acceptors (Lipinski definition) is 5. The van der Waals surface area contributed by atoms with Gasteiger partial charge in [0.1, 0.15) is 10.7 Å². The first-order chi connectivity index (χ1) is 15.8. The van der Waals surface area contributed by atoms with Crippen LogP contribution in [0.25, 0.3) is 5.82 Å². The van der Waals surface area contributed by atoms with Crippen molar-refractivity contribution >= 4 is 15.9 Å². The monoisotopic (exact) mass is 471 g/mol. The number of sulfonamides is 1. The lowest BCUT2D eigenvalue weighted by Crippen LogP contribution is -2.41. The van der Waals surface area contributed by atoms with E-state index in [1.54, 1.807) is 41.3 Å². The quantitative estimate of drug-likeness (QED) is 0.551. The first kappa shape index (κ1) is 23.1. The second kappa shape index (κ2) is 9.80. The number of aromatic nitrogens is 3. The van der Waals surface area contributed by atoms with Crippen molar-refractivity contribution in [3.63, 3.8) is 0 Å². The lowest BCUT2D eigenvalue weighted by molar-refractivity contribution is -0.126. The Hall–Kier alpha value is -3.11. The molecular weight excluding hydrogens is 445 g/mol. The van der Waals surface area contributed by atoms with Crippen LogP contribution in [0.1, 0.15) is 44.2 Å². The molecule has 1 saturated carbocycles. The predicted molar refractivity (Wildman–Crippen MR) is 120 cm³/mol. The predicted octanol–water partition coefficient (Wildman–Crippen LogP) is 3.12. The van der Waals surface area contributed by atoms with Crippen LogP contribution in [0.2, 0.25) is 0 Å². The smallest absolute Gasteiger partial charge is 0.242 e. The number of carbonyl (C=O) groups is 1. The van der Waals surface area contributed by atoms with Crippen molar-refractivity contribution in [2.24, 2.45) is 5.92 Å². The number of amides is 1. The summed E-state index contributed by atoms with van der Waals surface area (Å²) in [6, 6.07) is 10.4. The van der Waals surface area contributed by atoms with Gasteiger partial charge in [-0.05, 0) is 68.5 Å². The molecule has 1 fully saturated rings. The molecule has 1 aliphatic carbocycles. The lowest BCUT2D eigenvalue weighted by atomic mass is 9.85. The van der Waals surface area contributed by atoms with Crippen molar-refractivity contribution in [3.8, 4) is 5.82 Å². The Balaban J connectivity index is 1.29. The maximum atomic E-state index is 13.1. The normalized spacial score (nSPS) is 19.7. The van der Waals surface area contributed by atoms with Crippen LogP contribution in [0.5, 0.6) is 0 Å². The van der Waals surface area contributed by atoms with Crippen molar-refractivity contribution in [3.05, 3.63) is 72.4 Å². The largest absolute Gasteiger partial charge is 0.349 e. The third-order valence-electron chi connectivity index (χ3n) is 5.92. The summed E-state index contributed by atoms with van der Waals surface area (Å²) in [5.74, 6) is -0.0294. The molecule has 10 heteroatoms. The first-order valence-electron chi connectivity index (χ1n) is 10.9. The van der Waals surface area contributed by atoms with Gasteiger partial charge >= 0.3 is 0 Å². The Labute approximate surface area is 192 Å². The molecule has 0 spiro atoms. The maximum Gasteiger partial charge on any atom is 0.242 e. The summed E-state index contributed by atoms with van der Waals surface area (Å²) < 4.78 is 42.9. The molecule has 2 N–H and O–H groups in total. The molecule has 1 amide bonds. The summed E-state index contributed by atoms with van der Waals surface area (Å²) >= 11 is 0. The van der Waals surface area contributed by atoms with Crippen LogP contribution in [0.15, 0.2) is 66.0 Å². The number of carbonyl (C=O) groups excluding carboxylic acids is 1. The van der Waals surface area contributed by atoms with Gasteiger partial charge in [-0.15, -0.1) is 0 Å². The summed E-state index contributed by atoms with van der Waals surface area (Å²) in [7, 11) is -3.72. The van der Waals surface area contributed by atoms with Crippen molar-refractivity contribution < 1.29 is 17.6 Å². The Bertz CT molecular complexity index is 1170. The van der Waals surface area contributed by atoms with Gasteiger partial charge in [0.2, 0.25) is 15.9 Å². The van der Waals surface area contributed by atoms with Gasteiger partial charge in [0.05, 0.1) is 6.04 Å². The van der Waals surface area contributed by atoms with Gasteiger partial charge in [-0.2, -0.15) is 5.10 Å². The van der Waals surface area contributed by atoms with Crippen LogP contribution >= 0.6 is 0 Å². The second-order valence-electron chi connectivity index (χ2n) is 8.25. The molecule has 1 unspecified atom stereocenters. The van der Waals surface area contributed by atoms with Crippen LogP contribution in [0, 0.1) is 11.7 Å². The molecule has 0 saturated heterocycles. The second-order valence-corrected chi connectivity index (χ2v) is 9.97. The SMILES string of the molecule is CC(NC(=O)C1CCC(NS(=O)(=O)c2ccc(-n3cccn3)nc2)CC1)c1ccc(F)cc1. The van der Waals surface area contributed by atoms with Gasteiger partial charge in [-0.1, -0.05) is 12.1 Å². The zero-order valence-electron chi connectivity index (χ0n) is 18.2. The van der Waals surface area contributed by atoms with E-state index in [0.717, 1.165) is 5.56 Å². The number of benzene rings is 1. The fourth-order valence-electron chi connectivity index (χ4n) is 4.00. The summed E-state index contributed by atoms with van der Waals surface area (Å²) in [6.07, 6.45) is 6.98. The Morgan fingerprint density at radius 1 is 1.12 bits per heavy atom. The zero-order chi connectivity index (χ0) is 23.4. The van der Waals surface area contributed by atoms with Crippen molar-refractivity contribution in [1.82, 2.24) is 24.8 Å². The minimum Gasteiger partial charge on any atom is -0.349 e. The maximum absolute atomic E-state index is 13.1. The molecule has 1 aromatic carbocycles. The number of halogens is 1. The number of hydrogen-bond donors (Lipinski definition) is 2. The fourth-order valence-corrected chi connectivity index (χ4v) is 5.25. The topological polar surface area (TPSA) is 106 Å². The van der Waals surface area contributed by atoms with Crippen LogP contribution in [0.3, 0.4) is 0 Å². The summed E-state index contributed by atoms with van der Waals surface area (Å²) in [6.45, 7) is 1.86. The molecule has 2 heterocycles. The molecule has 33 heavy (non-hydrogen) atoms. The zero-order valence-corrected chi connectivity index (χ0v) is 19.0. The van der Waals surface area contributed by atoms with E-state index in [4.69, 9.17) is 0 Å².